The third kappa shape index (κ3) is 4.46. The van der Waals surface area contributed by atoms with Crippen molar-refractivity contribution in [3.8, 4) is 17.2 Å². The molecule has 6 heteroatoms. The maximum Gasteiger partial charge on any atom is 0.255 e. The molecule has 4 aromatic rings. The number of fused-ring (bicyclic) bond motifs is 1. The maximum atomic E-state index is 12.8. The molecule has 0 bridgehead atoms. The van der Waals surface area contributed by atoms with Crippen molar-refractivity contribution in [2.24, 2.45) is 0 Å². The Morgan fingerprint density at radius 3 is 2.68 bits per heavy atom. The molecule has 1 aliphatic rings. The summed E-state index contributed by atoms with van der Waals surface area (Å²) in [6, 6.07) is 20.1. The Kier molecular flexibility index (Phi) is 5.92. The van der Waals surface area contributed by atoms with Crippen LogP contribution in [0.25, 0.3) is 21.9 Å². The highest BCUT2D eigenvalue weighted by Crippen LogP contribution is 2.32. The highest BCUT2D eigenvalue weighted by molar-refractivity contribution is 5.97. The first-order chi connectivity index (χ1) is 16.6. The number of nitrogens with zero attached hydrogens (tertiary/aromatic N) is 4. The lowest BCUT2D eigenvalue weighted by Crippen LogP contribution is -2.42. The SMILES string of the molecule is Cc1ccc(C(=O)N2CCC(Nc3cc(-c4cccc(C#N)c4)cc4ccncc34)CC2)cn1. The predicted octanol–water partition coefficient (Wildman–Crippen LogP) is 5.19. The van der Waals surface area contributed by atoms with Gasteiger partial charge in [-0.05, 0) is 78.7 Å². The molecule has 0 radical (unpaired) electrons. The molecule has 168 valence electrons. The molecule has 0 atom stereocenters. The van der Waals surface area contributed by atoms with Gasteiger partial charge in [0, 0.05) is 54.5 Å². The van der Waals surface area contributed by atoms with E-state index in [4.69, 9.17) is 0 Å². The molecule has 1 N–H and O–H groups in total. The Bertz CT molecular complexity index is 1380. The quantitative estimate of drug-likeness (QED) is 0.465. The molecular formula is C28H25N5O. The highest BCUT2D eigenvalue weighted by atomic mass is 16.2. The van der Waals surface area contributed by atoms with Gasteiger partial charge in [0.15, 0.2) is 0 Å². The summed E-state index contributed by atoms with van der Waals surface area (Å²) in [6.45, 7) is 3.31. The van der Waals surface area contributed by atoms with Crippen LogP contribution >= 0.6 is 0 Å². The van der Waals surface area contributed by atoms with Gasteiger partial charge in [-0.25, -0.2) is 0 Å². The van der Waals surface area contributed by atoms with Crippen molar-refractivity contribution in [2.45, 2.75) is 25.8 Å². The molecule has 1 amide bonds. The monoisotopic (exact) mass is 447 g/mol. The van der Waals surface area contributed by atoms with E-state index in [1.165, 1.54) is 0 Å². The molecule has 6 nitrogen and oxygen atoms in total. The van der Waals surface area contributed by atoms with E-state index < -0.39 is 0 Å². The minimum atomic E-state index is 0.0416. The van der Waals surface area contributed by atoms with Crippen LogP contribution in [0.2, 0.25) is 0 Å². The van der Waals surface area contributed by atoms with Gasteiger partial charge in [0.1, 0.15) is 0 Å². The van der Waals surface area contributed by atoms with Gasteiger partial charge in [0.05, 0.1) is 17.2 Å². The summed E-state index contributed by atoms with van der Waals surface area (Å²) in [4.78, 5) is 23.3. The summed E-state index contributed by atoms with van der Waals surface area (Å²) in [6.07, 6.45) is 7.07. The van der Waals surface area contributed by atoms with E-state index in [-0.39, 0.29) is 11.9 Å². The topological polar surface area (TPSA) is 81.9 Å². The van der Waals surface area contributed by atoms with Crippen LogP contribution in [0.1, 0.15) is 34.5 Å². The molecule has 3 heterocycles. The van der Waals surface area contributed by atoms with Crippen LogP contribution in [-0.2, 0) is 0 Å². The zero-order valence-corrected chi connectivity index (χ0v) is 19.0. The Morgan fingerprint density at radius 2 is 1.91 bits per heavy atom. The van der Waals surface area contributed by atoms with Crippen LogP contribution in [-0.4, -0.2) is 39.9 Å². The Balaban J connectivity index is 1.35. The number of carbonyl (C=O) groups is 1. The largest absolute Gasteiger partial charge is 0.382 e. The molecule has 0 unspecified atom stereocenters. The fourth-order valence-corrected chi connectivity index (χ4v) is 4.48. The number of anilines is 1. The second-order valence-electron chi connectivity index (χ2n) is 8.71. The number of benzene rings is 2. The molecule has 34 heavy (non-hydrogen) atoms. The Labute approximate surface area is 198 Å². The summed E-state index contributed by atoms with van der Waals surface area (Å²) >= 11 is 0. The third-order valence-corrected chi connectivity index (χ3v) is 6.38. The summed E-state index contributed by atoms with van der Waals surface area (Å²) in [5.74, 6) is 0.0416. The van der Waals surface area contributed by atoms with Crippen molar-refractivity contribution < 1.29 is 4.79 Å². The number of amides is 1. The van der Waals surface area contributed by atoms with Gasteiger partial charge in [-0.1, -0.05) is 12.1 Å². The van der Waals surface area contributed by atoms with Crippen LogP contribution in [0.3, 0.4) is 0 Å². The van der Waals surface area contributed by atoms with Gasteiger partial charge in [-0.3, -0.25) is 14.8 Å². The number of nitrogens with one attached hydrogen (secondary N) is 1. The number of pyridine rings is 2. The summed E-state index contributed by atoms with van der Waals surface area (Å²) in [5, 5.41) is 15.2. The van der Waals surface area contributed by atoms with Crippen LogP contribution in [0, 0.1) is 18.3 Å². The van der Waals surface area contributed by atoms with Crippen LogP contribution < -0.4 is 5.32 Å². The van der Waals surface area contributed by atoms with Crippen LogP contribution in [0.4, 0.5) is 5.69 Å². The van der Waals surface area contributed by atoms with Crippen molar-refractivity contribution >= 4 is 22.4 Å². The van der Waals surface area contributed by atoms with Gasteiger partial charge >= 0.3 is 0 Å². The van der Waals surface area contributed by atoms with Gasteiger partial charge in [0.2, 0.25) is 0 Å². The van der Waals surface area contributed by atoms with E-state index in [2.05, 4.69) is 33.5 Å². The number of hydrogen-bond donors (Lipinski definition) is 1. The third-order valence-electron chi connectivity index (χ3n) is 6.38. The van der Waals surface area contributed by atoms with Crippen molar-refractivity contribution in [3.05, 3.63) is 90.0 Å². The minimum absolute atomic E-state index is 0.0416. The van der Waals surface area contributed by atoms with Crippen molar-refractivity contribution in [1.29, 1.82) is 5.26 Å². The predicted molar refractivity (Wildman–Crippen MR) is 133 cm³/mol. The van der Waals surface area contributed by atoms with E-state index in [0.29, 0.717) is 24.2 Å². The molecule has 0 aliphatic carbocycles. The molecule has 0 spiro atoms. The van der Waals surface area contributed by atoms with Crippen molar-refractivity contribution in [2.75, 3.05) is 18.4 Å². The maximum absolute atomic E-state index is 12.8. The lowest BCUT2D eigenvalue weighted by Gasteiger charge is -2.33. The van der Waals surface area contributed by atoms with E-state index in [9.17, 15) is 10.1 Å². The second-order valence-corrected chi connectivity index (χ2v) is 8.71. The van der Waals surface area contributed by atoms with Crippen LogP contribution in [0.5, 0.6) is 0 Å². The van der Waals surface area contributed by atoms with Gasteiger partial charge < -0.3 is 10.2 Å². The highest BCUT2D eigenvalue weighted by Gasteiger charge is 2.24. The molecule has 2 aromatic heterocycles. The zero-order valence-electron chi connectivity index (χ0n) is 19.0. The zero-order chi connectivity index (χ0) is 23.5. The summed E-state index contributed by atoms with van der Waals surface area (Å²) in [5.41, 5.74) is 5.27. The molecule has 5 rings (SSSR count). The summed E-state index contributed by atoms with van der Waals surface area (Å²) < 4.78 is 0. The average Bonchev–Trinajstić information content (AvgIpc) is 2.89. The fraction of sp³-hybridized carbons (Fsp3) is 0.214. The van der Waals surface area contributed by atoms with E-state index in [1.54, 1.807) is 12.4 Å². The Morgan fingerprint density at radius 1 is 1.06 bits per heavy atom. The van der Waals surface area contributed by atoms with E-state index in [1.807, 2.05) is 60.5 Å². The first-order valence-corrected chi connectivity index (χ1v) is 11.5. The van der Waals surface area contributed by atoms with Gasteiger partial charge in [0.25, 0.3) is 5.91 Å². The number of carbonyl (C=O) groups excluding carboxylic acids is 1. The first kappa shape index (κ1) is 21.6. The number of hydrogen-bond acceptors (Lipinski definition) is 5. The second kappa shape index (κ2) is 9.32. The average molecular weight is 448 g/mol. The normalized spacial score (nSPS) is 14.1. The number of likely N-dealkylation sites (tertiary alicyclic amines) is 1. The van der Waals surface area contributed by atoms with Crippen molar-refractivity contribution in [1.82, 2.24) is 14.9 Å². The number of aromatic nitrogens is 2. The number of nitriles is 1. The summed E-state index contributed by atoms with van der Waals surface area (Å²) in [7, 11) is 0. The number of rotatable bonds is 4. The number of aryl methyl sites for hydroxylation is 1. The smallest absolute Gasteiger partial charge is 0.255 e. The molecule has 0 saturated carbocycles. The Hall–Kier alpha value is -4.24. The van der Waals surface area contributed by atoms with Crippen LogP contribution in [0.15, 0.2) is 73.2 Å². The molecule has 1 fully saturated rings. The molecule has 2 aromatic carbocycles. The molecular weight excluding hydrogens is 422 g/mol. The lowest BCUT2D eigenvalue weighted by molar-refractivity contribution is 0.0718. The lowest BCUT2D eigenvalue weighted by atomic mass is 9.98. The number of piperidine rings is 1. The standard InChI is InChI=1S/C28H25N5O/c1-19-5-6-23(17-31-19)28(34)33-11-8-25(9-12-33)32-27-15-24(14-22-7-10-30-18-26(22)27)21-4-2-3-20(13-21)16-29/h2-7,10,13-15,17-18,25,32H,8-9,11-12H2,1H3. The fourth-order valence-electron chi connectivity index (χ4n) is 4.48. The molecule has 1 aliphatic heterocycles. The van der Waals surface area contributed by atoms with Gasteiger partial charge in [-0.15, -0.1) is 0 Å². The first-order valence-electron chi connectivity index (χ1n) is 11.5. The van der Waals surface area contributed by atoms with E-state index >= 15 is 0 Å². The minimum Gasteiger partial charge on any atom is -0.382 e. The van der Waals surface area contributed by atoms with Crippen molar-refractivity contribution in [3.63, 3.8) is 0 Å². The van der Waals surface area contributed by atoms with Gasteiger partial charge in [-0.2, -0.15) is 5.26 Å². The molecule has 1 saturated heterocycles. The van der Waals surface area contributed by atoms with E-state index in [0.717, 1.165) is 46.1 Å².